The van der Waals surface area contributed by atoms with Crippen LogP contribution < -0.4 is 10.7 Å². The lowest BCUT2D eigenvalue weighted by atomic mass is 9.91. The van der Waals surface area contributed by atoms with Gasteiger partial charge >= 0.3 is 0 Å². The monoisotopic (exact) mass is 358 g/mol. The van der Waals surface area contributed by atoms with Crippen LogP contribution >= 0.6 is 0 Å². The second-order valence-corrected chi connectivity index (χ2v) is 7.41. The summed E-state index contributed by atoms with van der Waals surface area (Å²) in [5.74, 6) is 0.289. The predicted molar refractivity (Wildman–Crippen MR) is 106 cm³/mol. The Bertz CT molecular complexity index is 1020. The Morgan fingerprint density at radius 1 is 1.07 bits per heavy atom. The maximum absolute atomic E-state index is 12.8. The number of nitrogens with one attached hydrogen (secondary N) is 3. The minimum Gasteiger partial charge on any atom is -0.363 e. The van der Waals surface area contributed by atoms with Crippen LogP contribution in [0, 0.1) is 5.92 Å². The quantitative estimate of drug-likeness (QED) is 0.674. The molecule has 0 bridgehead atoms. The molecular formula is C22H22N4O. The van der Waals surface area contributed by atoms with Crippen molar-refractivity contribution in [2.75, 3.05) is 0 Å². The molecule has 2 aromatic carbocycles. The molecule has 3 atom stereocenters. The molecule has 0 saturated carbocycles. The highest BCUT2D eigenvalue weighted by atomic mass is 16.2. The summed E-state index contributed by atoms with van der Waals surface area (Å²) >= 11 is 0. The predicted octanol–water partition coefficient (Wildman–Crippen LogP) is 3.03. The van der Waals surface area contributed by atoms with Crippen molar-refractivity contribution >= 4 is 22.5 Å². The van der Waals surface area contributed by atoms with E-state index in [1.54, 1.807) is 11.1 Å². The first kappa shape index (κ1) is 16.1. The van der Waals surface area contributed by atoms with Crippen molar-refractivity contribution in [3.8, 4) is 0 Å². The van der Waals surface area contributed by atoms with Gasteiger partial charge in [0, 0.05) is 35.4 Å². The van der Waals surface area contributed by atoms with Gasteiger partial charge in [0.2, 0.25) is 0 Å². The van der Waals surface area contributed by atoms with Gasteiger partial charge < -0.3 is 10.3 Å². The molecule has 1 aromatic heterocycles. The van der Waals surface area contributed by atoms with Gasteiger partial charge in [-0.15, -0.1) is 0 Å². The zero-order valence-corrected chi connectivity index (χ0v) is 15.1. The van der Waals surface area contributed by atoms with Crippen LogP contribution in [-0.2, 0) is 11.2 Å². The summed E-state index contributed by atoms with van der Waals surface area (Å²) in [4.78, 5) is 16.0. The molecule has 1 amide bonds. The number of carbonyl (C=O) groups excluding carboxylic acids is 1. The highest BCUT2D eigenvalue weighted by Crippen LogP contribution is 2.30. The fraction of sp³-hybridized carbons (Fsp3) is 0.227. The second kappa shape index (κ2) is 6.28. The molecule has 2 aliphatic rings. The zero-order chi connectivity index (χ0) is 18.4. The van der Waals surface area contributed by atoms with Crippen LogP contribution in [0.2, 0.25) is 0 Å². The Balaban J connectivity index is 1.45. The second-order valence-electron chi connectivity index (χ2n) is 7.41. The third-order valence-corrected chi connectivity index (χ3v) is 5.66. The number of aromatic nitrogens is 1. The summed E-state index contributed by atoms with van der Waals surface area (Å²) in [5, 5.41) is 6.52. The van der Waals surface area contributed by atoms with Crippen LogP contribution in [-0.4, -0.2) is 28.1 Å². The van der Waals surface area contributed by atoms with Gasteiger partial charge in [-0.05, 0) is 42.0 Å². The number of rotatable bonds is 3. The summed E-state index contributed by atoms with van der Waals surface area (Å²) in [6.07, 6.45) is 4.47. The SMILES string of the molecule is CC1NN2C(=O)C=C(c3ccc4cc[nH]c4c3)NC2C1Cc1ccccc1. The van der Waals surface area contributed by atoms with Crippen LogP contribution in [0.3, 0.4) is 0 Å². The summed E-state index contributed by atoms with van der Waals surface area (Å²) in [6, 6.07) is 19.0. The first-order valence-corrected chi connectivity index (χ1v) is 9.38. The molecule has 5 nitrogen and oxygen atoms in total. The average molecular weight is 358 g/mol. The Morgan fingerprint density at radius 2 is 1.93 bits per heavy atom. The van der Waals surface area contributed by atoms with E-state index in [1.807, 2.05) is 18.3 Å². The fourth-order valence-corrected chi connectivity index (χ4v) is 4.18. The molecule has 1 saturated heterocycles. The van der Waals surface area contributed by atoms with Crippen molar-refractivity contribution < 1.29 is 4.79 Å². The number of fused-ring (bicyclic) bond motifs is 2. The lowest BCUT2D eigenvalue weighted by Crippen LogP contribution is -2.53. The van der Waals surface area contributed by atoms with E-state index < -0.39 is 0 Å². The molecule has 3 heterocycles. The van der Waals surface area contributed by atoms with Crippen molar-refractivity contribution in [1.82, 2.24) is 20.7 Å². The van der Waals surface area contributed by atoms with Crippen molar-refractivity contribution in [3.05, 3.63) is 78.0 Å². The summed E-state index contributed by atoms with van der Waals surface area (Å²) in [7, 11) is 0. The first-order valence-electron chi connectivity index (χ1n) is 9.38. The number of carbonyl (C=O) groups is 1. The van der Waals surface area contributed by atoms with Crippen molar-refractivity contribution in [1.29, 1.82) is 0 Å². The minimum atomic E-state index is -0.0629. The number of aromatic amines is 1. The van der Waals surface area contributed by atoms with Gasteiger partial charge in [-0.1, -0.05) is 42.5 Å². The van der Waals surface area contributed by atoms with E-state index >= 15 is 0 Å². The standard InChI is InChI=1S/C22H22N4O/c1-14-18(11-15-5-3-2-4-6-15)22-24-20(13-21(27)26(22)25-14)17-8-7-16-9-10-23-19(16)12-17/h2-10,12-14,18,22-25H,11H2,1H3. The lowest BCUT2D eigenvalue weighted by Gasteiger charge is -2.33. The Labute approximate surface area is 158 Å². The summed E-state index contributed by atoms with van der Waals surface area (Å²) in [6.45, 7) is 2.14. The molecule has 2 aliphatic heterocycles. The number of benzene rings is 2. The number of hydrazine groups is 1. The van der Waals surface area contributed by atoms with Gasteiger partial charge in [0.15, 0.2) is 0 Å². The van der Waals surface area contributed by atoms with Gasteiger partial charge in [0.25, 0.3) is 5.91 Å². The van der Waals surface area contributed by atoms with E-state index in [1.165, 1.54) is 10.9 Å². The Kier molecular flexibility index (Phi) is 3.76. The molecule has 3 aromatic rings. The first-order chi connectivity index (χ1) is 13.2. The zero-order valence-electron chi connectivity index (χ0n) is 15.1. The van der Waals surface area contributed by atoms with Crippen LogP contribution in [0.4, 0.5) is 0 Å². The molecule has 136 valence electrons. The van der Waals surface area contributed by atoms with Gasteiger partial charge in [0.05, 0.1) is 0 Å². The van der Waals surface area contributed by atoms with Crippen molar-refractivity contribution in [2.45, 2.75) is 25.6 Å². The van der Waals surface area contributed by atoms with Crippen molar-refractivity contribution in [2.24, 2.45) is 5.92 Å². The number of nitrogens with zero attached hydrogens (tertiary/aromatic N) is 1. The van der Waals surface area contributed by atoms with Crippen molar-refractivity contribution in [3.63, 3.8) is 0 Å². The van der Waals surface area contributed by atoms with Gasteiger partial charge in [0.1, 0.15) is 6.17 Å². The number of hydrogen-bond acceptors (Lipinski definition) is 3. The minimum absolute atomic E-state index is 0.00254. The van der Waals surface area contributed by atoms with E-state index in [-0.39, 0.29) is 24.0 Å². The molecular weight excluding hydrogens is 336 g/mol. The molecule has 0 spiro atoms. The van der Waals surface area contributed by atoms with Crippen LogP contribution in [0.15, 0.2) is 66.9 Å². The largest absolute Gasteiger partial charge is 0.363 e. The lowest BCUT2D eigenvalue weighted by molar-refractivity contribution is -0.131. The number of amides is 1. The van der Waals surface area contributed by atoms with Gasteiger partial charge in [-0.25, -0.2) is 5.43 Å². The third kappa shape index (κ3) is 2.80. The molecule has 3 N–H and O–H groups in total. The van der Waals surface area contributed by atoms with E-state index in [0.29, 0.717) is 0 Å². The molecule has 0 radical (unpaired) electrons. The Hall–Kier alpha value is -3.05. The summed E-state index contributed by atoms with van der Waals surface area (Å²) in [5.41, 5.74) is 7.61. The van der Waals surface area contributed by atoms with Crippen LogP contribution in [0.5, 0.6) is 0 Å². The normalized spacial score (nSPS) is 24.6. The molecule has 3 unspecified atom stereocenters. The van der Waals surface area contributed by atoms with E-state index in [4.69, 9.17) is 0 Å². The van der Waals surface area contributed by atoms with Crippen LogP contribution in [0.1, 0.15) is 18.1 Å². The number of hydrogen-bond donors (Lipinski definition) is 3. The maximum atomic E-state index is 12.8. The van der Waals surface area contributed by atoms with E-state index in [9.17, 15) is 4.79 Å². The fourth-order valence-electron chi connectivity index (χ4n) is 4.18. The van der Waals surface area contributed by atoms with E-state index in [2.05, 4.69) is 65.1 Å². The molecule has 5 rings (SSSR count). The van der Waals surface area contributed by atoms with Gasteiger partial charge in [-0.2, -0.15) is 0 Å². The van der Waals surface area contributed by atoms with Gasteiger partial charge in [-0.3, -0.25) is 9.80 Å². The smallest absolute Gasteiger partial charge is 0.264 e. The Morgan fingerprint density at radius 3 is 2.78 bits per heavy atom. The molecule has 27 heavy (non-hydrogen) atoms. The number of H-pyrrole nitrogens is 1. The molecule has 0 aliphatic carbocycles. The third-order valence-electron chi connectivity index (χ3n) is 5.66. The summed E-state index contributed by atoms with van der Waals surface area (Å²) < 4.78 is 0. The topological polar surface area (TPSA) is 60.2 Å². The molecule has 1 fully saturated rings. The van der Waals surface area contributed by atoms with Crippen LogP contribution in [0.25, 0.3) is 16.6 Å². The highest BCUT2D eigenvalue weighted by molar-refractivity contribution is 5.97. The average Bonchev–Trinajstić information content (AvgIpc) is 3.27. The van der Waals surface area contributed by atoms with E-state index in [0.717, 1.165) is 23.2 Å². The maximum Gasteiger partial charge on any atom is 0.264 e. The highest BCUT2D eigenvalue weighted by Gasteiger charge is 2.43. The molecule has 5 heteroatoms.